The summed E-state index contributed by atoms with van der Waals surface area (Å²) in [6, 6.07) is 4.54. The number of anilines is 1. The van der Waals surface area contributed by atoms with Crippen molar-refractivity contribution in [1.82, 2.24) is 4.98 Å². The van der Waals surface area contributed by atoms with Gasteiger partial charge in [-0.2, -0.15) is 0 Å². The van der Waals surface area contributed by atoms with E-state index < -0.39 is 58.2 Å². The summed E-state index contributed by atoms with van der Waals surface area (Å²) in [6.45, 7) is 3.27. The van der Waals surface area contributed by atoms with Crippen LogP contribution in [-0.4, -0.2) is 28.3 Å². The molecule has 160 valence electrons. The number of aromatic nitrogens is 1. The SMILES string of the molecule is Cc1cc(F)cnc1C(=O)Nc1cccc([C@@]2(C)N=C(N)[C@@](C)(F)CC2(F)F)c1F. The third-order valence-corrected chi connectivity index (χ3v) is 5.18. The van der Waals surface area contributed by atoms with Crippen LogP contribution in [0.25, 0.3) is 0 Å². The largest absolute Gasteiger partial charge is 0.385 e. The van der Waals surface area contributed by atoms with Crippen LogP contribution in [0.4, 0.5) is 27.6 Å². The zero-order valence-electron chi connectivity index (χ0n) is 16.4. The fourth-order valence-corrected chi connectivity index (χ4v) is 3.34. The van der Waals surface area contributed by atoms with Crippen LogP contribution in [0.5, 0.6) is 0 Å². The minimum atomic E-state index is -3.77. The maximum Gasteiger partial charge on any atom is 0.280 e. The van der Waals surface area contributed by atoms with Gasteiger partial charge in [-0.05, 0) is 38.5 Å². The van der Waals surface area contributed by atoms with Crippen molar-refractivity contribution in [2.24, 2.45) is 10.7 Å². The summed E-state index contributed by atoms with van der Waals surface area (Å²) < 4.78 is 72.3. The van der Waals surface area contributed by atoms with Crippen molar-refractivity contribution >= 4 is 17.4 Å². The molecule has 10 heteroatoms. The zero-order chi connectivity index (χ0) is 22.5. The van der Waals surface area contributed by atoms with Crippen LogP contribution in [0.15, 0.2) is 35.5 Å². The minimum absolute atomic E-state index is 0.161. The highest BCUT2D eigenvalue weighted by atomic mass is 19.3. The molecule has 0 fully saturated rings. The summed E-state index contributed by atoms with van der Waals surface area (Å²) in [5.41, 5.74) is -0.437. The van der Waals surface area contributed by atoms with Crippen LogP contribution in [0.1, 0.15) is 41.9 Å². The molecule has 2 atom stereocenters. The maximum absolute atomic E-state index is 15.2. The molecule has 3 N–H and O–H groups in total. The number of carbonyl (C=O) groups excluding carboxylic acids is 1. The molecule has 0 aliphatic carbocycles. The number of nitrogens with zero attached hydrogens (tertiary/aromatic N) is 2. The molecule has 1 aliphatic heterocycles. The minimum Gasteiger partial charge on any atom is -0.385 e. The van der Waals surface area contributed by atoms with Crippen LogP contribution < -0.4 is 11.1 Å². The Morgan fingerprint density at radius 2 is 1.87 bits per heavy atom. The number of aliphatic imine (C=N–C) groups is 1. The molecule has 2 aromatic rings. The topological polar surface area (TPSA) is 80.4 Å². The van der Waals surface area contributed by atoms with Crippen LogP contribution >= 0.6 is 0 Å². The second kappa shape index (κ2) is 7.03. The van der Waals surface area contributed by atoms with E-state index in [-0.39, 0.29) is 11.3 Å². The standard InChI is InChI=1S/C20H19F5N4O/c1-10-7-11(21)8-27-15(10)16(30)28-13-6-4-5-12(14(13)22)19(3)20(24,25)9-18(2,23)17(26)29-19/h4-8H,9H2,1-3H3,(H2,26,29)(H,28,30)/t18-,19+/m0/s1. The van der Waals surface area contributed by atoms with Gasteiger partial charge < -0.3 is 11.1 Å². The average Bonchev–Trinajstić information content (AvgIpc) is 2.61. The Morgan fingerprint density at radius 1 is 1.20 bits per heavy atom. The number of alkyl halides is 3. The molecule has 3 rings (SSSR count). The third-order valence-electron chi connectivity index (χ3n) is 5.18. The van der Waals surface area contributed by atoms with Crippen molar-refractivity contribution in [1.29, 1.82) is 0 Å². The average molecular weight is 426 g/mol. The number of halogens is 5. The Morgan fingerprint density at radius 3 is 2.50 bits per heavy atom. The summed E-state index contributed by atoms with van der Waals surface area (Å²) in [5, 5.41) is 2.24. The van der Waals surface area contributed by atoms with Crippen LogP contribution in [0.3, 0.4) is 0 Å². The molecular formula is C20H19F5N4O. The molecule has 0 saturated heterocycles. The first-order valence-corrected chi connectivity index (χ1v) is 8.93. The molecule has 30 heavy (non-hydrogen) atoms. The molecule has 5 nitrogen and oxygen atoms in total. The number of nitrogens with one attached hydrogen (secondary N) is 1. The van der Waals surface area contributed by atoms with E-state index in [1.165, 1.54) is 13.0 Å². The first-order valence-electron chi connectivity index (χ1n) is 8.93. The van der Waals surface area contributed by atoms with Gasteiger partial charge in [0.1, 0.15) is 17.3 Å². The number of aryl methyl sites for hydroxylation is 1. The fraction of sp³-hybridized carbons (Fsp3) is 0.350. The molecule has 0 saturated carbocycles. The Kier molecular flexibility index (Phi) is 5.08. The lowest BCUT2D eigenvalue weighted by molar-refractivity contribution is -0.106. The zero-order valence-corrected chi connectivity index (χ0v) is 16.4. The van der Waals surface area contributed by atoms with Crippen molar-refractivity contribution in [2.75, 3.05) is 5.32 Å². The maximum atomic E-state index is 15.2. The van der Waals surface area contributed by atoms with Gasteiger partial charge in [0.15, 0.2) is 17.0 Å². The van der Waals surface area contributed by atoms with Crippen molar-refractivity contribution < 1.29 is 26.7 Å². The Hall–Kier alpha value is -3.04. The van der Waals surface area contributed by atoms with E-state index in [1.54, 1.807) is 0 Å². The van der Waals surface area contributed by atoms with E-state index in [9.17, 15) is 22.4 Å². The molecule has 1 amide bonds. The van der Waals surface area contributed by atoms with Gasteiger partial charge in [0.25, 0.3) is 11.8 Å². The lowest BCUT2D eigenvalue weighted by Crippen LogP contribution is -2.56. The van der Waals surface area contributed by atoms with Crippen molar-refractivity contribution in [3.05, 3.63) is 58.9 Å². The first kappa shape index (κ1) is 21.7. The predicted molar refractivity (Wildman–Crippen MR) is 101 cm³/mol. The van der Waals surface area contributed by atoms with Gasteiger partial charge in [-0.1, -0.05) is 12.1 Å². The molecule has 0 radical (unpaired) electrons. The van der Waals surface area contributed by atoms with Gasteiger partial charge in [-0.25, -0.2) is 26.9 Å². The number of benzene rings is 1. The third kappa shape index (κ3) is 3.50. The number of amides is 1. The normalized spacial score (nSPS) is 25.5. The number of hydrogen-bond donors (Lipinski definition) is 2. The van der Waals surface area contributed by atoms with E-state index in [2.05, 4.69) is 15.3 Å². The number of carbonyl (C=O) groups is 1. The van der Waals surface area contributed by atoms with E-state index in [4.69, 9.17) is 5.73 Å². The highest BCUT2D eigenvalue weighted by Crippen LogP contribution is 2.50. The highest BCUT2D eigenvalue weighted by Gasteiger charge is 2.60. The Labute approximate surface area is 169 Å². The number of nitrogens with two attached hydrogens (primary N) is 1. The lowest BCUT2D eigenvalue weighted by Gasteiger charge is -2.42. The van der Waals surface area contributed by atoms with Crippen molar-refractivity contribution in [3.8, 4) is 0 Å². The van der Waals surface area contributed by atoms with Crippen molar-refractivity contribution in [2.45, 2.75) is 44.3 Å². The van der Waals surface area contributed by atoms with Crippen LogP contribution in [0, 0.1) is 18.6 Å². The van der Waals surface area contributed by atoms with E-state index in [0.29, 0.717) is 0 Å². The van der Waals surface area contributed by atoms with Gasteiger partial charge in [-0.3, -0.25) is 9.79 Å². The van der Waals surface area contributed by atoms with Gasteiger partial charge in [0, 0.05) is 5.56 Å². The van der Waals surface area contributed by atoms with E-state index >= 15 is 4.39 Å². The molecule has 1 aromatic carbocycles. The molecule has 0 unspecified atom stereocenters. The van der Waals surface area contributed by atoms with Crippen LogP contribution in [0.2, 0.25) is 0 Å². The van der Waals surface area contributed by atoms with Crippen LogP contribution in [-0.2, 0) is 5.54 Å². The van der Waals surface area contributed by atoms with E-state index in [1.807, 2.05) is 0 Å². The molecule has 1 aromatic heterocycles. The van der Waals surface area contributed by atoms with Gasteiger partial charge in [0.05, 0.1) is 18.3 Å². The van der Waals surface area contributed by atoms with Gasteiger partial charge in [-0.15, -0.1) is 0 Å². The summed E-state index contributed by atoms with van der Waals surface area (Å²) in [6.07, 6.45) is -0.454. The molecular weight excluding hydrogens is 407 g/mol. The smallest absolute Gasteiger partial charge is 0.280 e. The predicted octanol–water partition coefficient (Wildman–Crippen LogP) is 4.26. The van der Waals surface area contributed by atoms with Crippen molar-refractivity contribution in [3.63, 3.8) is 0 Å². The number of rotatable bonds is 3. The second-order valence-corrected chi connectivity index (χ2v) is 7.59. The Balaban J connectivity index is 2.03. The second-order valence-electron chi connectivity index (χ2n) is 7.59. The number of pyridine rings is 1. The van der Waals surface area contributed by atoms with E-state index in [0.717, 1.165) is 38.2 Å². The number of hydrogen-bond acceptors (Lipinski definition) is 4. The summed E-state index contributed by atoms with van der Waals surface area (Å²) >= 11 is 0. The lowest BCUT2D eigenvalue weighted by atomic mass is 9.77. The monoisotopic (exact) mass is 426 g/mol. The van der Waals surface area contributed by atoms with Gasteiger partial charge in [0.2, 0.25) is 0 Å². The summed E-state index contributed by atoms with van der Waals surface area (Å²) in [7, 11) is 0. The molecule has 2 heterocycles. The number of amidine groups is 1. The molecule has 0 bridgehead atoms. The summed E-state index contributed by atoms with van der Waals surface area (Å²) in [5.74, 6) is -7.12. The molecule has 0 spiro atoms. The highest BCUT2D eigenvalue weighted by molar-refractivity contribution is 6.04. The Bertz CT molecular complexity index is 1050. The quantitative estimate of drug-likeness (QED) is 0.720. The van der Waals surface area contributed by atoms with Gasteiger partial charge >= 0.3 is 0 Å². The first-order chi connectivity index (χ1) is 13.8. The molecule has 1 aliphatic rings. The fourth-order valence-electron chi connectivity index (χ4n) is 3.34. The summed E-state index contributed by atoms with van der Waals surface area (Å²) in [4.78, 5) is 19.7.